The number of carbonyl (C=O) groups is 3. The first-order valence-corrected chi connectivity index (χ1v) is 8.51. The summed E-state index contributed by atoms with van der Waals surface area (Å²) in [6, 6.07) is 4.45. The van der Waals surface area contributed by atoms with Crippen LogP contribution in [0.15, 0.2) is 18.2 Å². The zero-order chi connectivity index (χ0) is 19.3. The molecular formula is C18H24FN3O4. The fourth-order valence-corrected chi connectivity index (χ4v) is 2.88. The van der Waals surface area contributed by atoms with Crippen LogP contribution in [0.4, 0.5) is 10.1 Å². The third-order valence-electron chi connectivity index (χ3n) is 4.44. The highest BCUT2D eigenvalue weighted by molar-refractivity contribution is 5.94. The number of anilines is 1. The van der Waals surface area contributed by atoms with Crippen LogP contribution in [-0.4, -0.2) is 78.9 Å². The predicted molar refractivity (Wildman–Crippen MR) is 94.9 cm³/mol. The van der Waals surface area contributed by atoms with Gasteiger partial charge in [0.15, 0.2) is 5.78 Å². The van der Waals surface area contributed by atoms with Crippen molar-refractivity contribution in [1.29, 1.82) is 0 Å². The lowest BCUT2D eigenvalue weighted by Gasteiger charge is -2.36. The minimum absolute atomic E-state index is 0.00685. The van der Waals surface area contributed by atoms with Crippen molar-refractivity contribution in [2.24, 2.45) is 0 Å². The van der Waals surface area contributed by atoms with Gasteiger partial charge in [0.25, 0.3) is 0 Å². The second kappa shape index (κ2) is 8.75. The van der Waals surface area contributed by atoms with E-state index >= 15 is 0 Å². The molecule has 1 aliphatic heterocycles. The molecule has 2 rings (SSSR count). The van der Waals surface area contributed by atoms with Crippen molar-refractivity contribution in [2.45, 2.75) is 13.3 Å². The van der Waals surface area contributed by atoms with Crippen LogP contribution in [0.3, 0.4) is 0 Å². The Hall–Kier alpha value is -2.48. The van der Waals surface area contributed by atoms with Crippen LogP contribution in [0.1, 0.15) is 23.7 Å². The Morgan fingerprint density at radius 2 is 1.85 bits per heavy atom. The Kier molecular flexibility index (Phi) is 6.68. The summed E-state index contributed by atoms with van der Waals surface area (Å²) >= 11 is 0. The second-order valence-electron chi connectivity index (χ2n) is 6.47. The number of benzene rings is 1. The molecule has 0 radical (unpaired) electrons. The summed E-state index contributed by atoms with van der Waals surface area (Å²) in [4.78, 5) is 39.4. The quantitative estimate of drug-likeness (QED) is 0.729. The standard InChI is InChI=1S/C18H24FN3O4/c1-13(23)14-3-4-16(15(19)11-14)21-7-9-22(10-8-21)17(24)12-20(2)6-5-18(25)26/h3-4,11H,5-10,12H2,1-2H3,(H,25,26). The molecule has 26 heavy (non-hydrogen) atoms. The van der Waals surface area contributed by atoms with Gasteiger partial charge in [-0.05, 0) is 32.2 Å². The number of piperazine rings is 1. The molecule has 0 unspecified atom stereocenters. The molecule has 7 nitrogen and oxygen atoms in total. The van der Waals surface area contributed by atoms with Gasteiger partial charge < -0.3 is 14.9 Å². The number of halogens is 1. The fraction of sp³-hybridized carbons (Fsp3) is 0.500. The SMILES string of the molecule is CC(=O)c1ccc(N2CCN(C(=O)CN(C)CCC(=O)O)CC2)c(F)c1. The number of hydrogen-bond donors (Lipinski definition) is 1. The molecule has 0 spiro atoms. The summed E-state index contributed by atoms with van der Waals surface area (Å²) in [5.41, 5.74) is 0.769. The van der Waals surface area contributed by atoms with E-state index in [-0.39, 0.29) is 24.7 Å². The molecular weight excluding hydrogens is 341 g/mol. The minimum Gasteiger partial charge on any atom is -0.481 e. The second-order valence-corrected chi connectivity index (χ2v) is 6.47. The van der Waals surface area contributed by atoms with E-state index in [1.807, 2.05) is 4.90 Å². The lowest BCUT2D eigenvalue weighted by atomic mass is 10.1. The van der Waals surface area contributed by atoms with Crippen molar-refractivity contribution in [3.05, 3.63) is 29.6 Å². The van der Waals surface area contributed by atoms with E-state index in [1.165, 1.54) is 13.0 Å². The molecule has 0 saturated carbocycles. The highest BCUT2D eigenvalue weighted by Gasteiger charge is 2.23. The van der Waals surface area contributed by atoms with Crippen LogP contribution in [0.2, 0.25) is 0 Å². The van der Waals surface area contributed by atoms with Crippen molar-refractivity contribution < 1.29 is 23.9 Å². The van der Waals surface area contributed by atoms with Crippen molar-refractivity contribution in [3.8, 4) is 0 Å². The van der Waals surface area contributed by atoms with E-state index in [4.69, 9.17) is 5.11 Å². The smallest absolute Gasteiger partial charge is 0.304 e. The third-order valence-corrected chi connectivity index (χ3v) is 4.44. The van der Waals surface area contributed by atoms with E-state index in [0.29, 0.717) is 44.0 Å². The normalized spacial score (nSPS) is 14.6. The van der Waals surface area contributed by atoms with Crippen LogP contribution in [-0.2, 0) is 9.59 Å². The molecule has 1 heterocycles. The van der Waals surface area contributed by atoms with Crippen LogP contribution in [0, 0.1) is 5.82 Å². The molecule has 8 heteroatoms. The average Bonchev–Trinajstić information content (AvgIpc) is 2.60. The van der Waals surface area contributed by atoms with Gasteiger partial charge in [0.05, 0.1) is 18.7 Å². The van der Waals surface area contributed by atoms with Crippen LogP contribution >= 0.6 is 0 Å². The number of carbonyl (C=O) groups excluding carboxylic acids is 2. The number of rotatable bonds is 7. The zero-order valence-corrected chi connectivity index (χ0v) is 15.1. The molecule has 1 aromatic carbocycles. The van der Waals surface area contributed by atoms with Gasteiger partial charge in [-0.2, -0.15) is 0 Å². The van der Waals surface area contributed by atoms with Crippen LogP contribution in [0.25, 0.3) is 0 Å². The topological polar surface area (TPSA) is 81.2 Å². The maximum absolute atomic E-state index is 14.2. The van der Waals surface area contributed by atoms with E-state index < -0.39 is 11.8 Å². The number of Topliss-reactive ketones (excluding diaryl/α,β-unsaturated/α-hetero) is 1. The first-order chi connectivity index (χ1) is 12.3. The predicted octanol–water partition coefficient (Wildman–Crippen LogP) is 1.08. The summed E-state index contributed by atoms with van der Waals surface area (Å²) in [6.45, 7) is 3.82. The summed E-state index contributed by atoms with van der Waals surface area (Å²) in [5.74, 6) is -1.58. The van der Waals surface area contributed by atoms with E-state index in [2.05, 4.69) is 0 Å². The van der Waals surface area contributed by atoms with Crippen molar-refractivity contribution >= 4 is 23.3 Å². The number of nitrogens with zero attached hydrogens (tertiary/aromatic N) is 3. The Labute approximate surface area is 152 Å². The summed E-state index contributed by atoms with van der Waals surface area (Å²) in [7, 11) is 1.71. The molecule has 1 N–H and O–H groups in total. The molecule has 0 bridgehead atoms. The summed E-state index contributed by atoms with van der Waals surface area (Å²) < 4.78 is 14.2. The van der Waals surface area contributed by atoms with E-state index in [1.54, 1.807) is 29.0 Å². The number of ketones is 1. The van der Waals surface area contributed by atoms with Crippen molar-refractivity contribution in [1.82, 2.24) is 9.80 Å². The minimum atomic E-state index is -0.893. The van der Waals surface area contributed by atoms with E-state index in [9.17, 15) is 18.8 Å². The van der Waals surface area contributed by atoms with Crippen molar-refractivity contribution in [3.63, 3.8) is 0 Å². The molecule has 142 valence electrons. The fourth-order valence-electron chi connectivity index (χ4n) is 2.88. The molecule has 1 saturated heterocycles. The summed E-state index contributed by atoms with van der Waals surface area (Å²) in [5, 5.41) is 8.68. The van der Waals surface area contributed by atoms with Crippen LogP contribution < -0.4 is 4.90 Å². The van der Waals surface area contributed by atoms with Gasteiger partial charge in [-0.15, -0.1) is 0 Å². The monoisotopic (exact) mass is 365 g/mol. The van der Waals surface area contributed by atoms with Gasteiger partial charge in [0.2, 0.25) is 5.91 Å². The number of carboxylic acid groups (broad SMARTS) is 1. The van der Waals surface area contributed by atoms with Gasteiger partial charge in [-0.1, -0.05) is 0 Å². The molecule has 1 fully saturated rings. The number of likely N-dealkylation sites (N-methyl/N-ethyl adjacent to an activating group) is 1. The maximum Gasteiger partial charge on any atom is 0.304 e. The highest BCUT2D eigenvalue weighted by atomic mass is 19.1. The molecule has 0 aliphatic carbocycles. The van der Waals surface area contributed by atoms with Gasteiger partial charge in [0, 0.05) is 38.3 Å². The lowest BCUT2D eigenvalue weighted by molar-refractivity contribution is -0.138. The molecule has 1 aromatic rings. The lowest BCUT2D eigenvalue weighted by Crippen LogP contribution is -2.51. The van der Waals surface area contributed by atoms with Gasteiger partial charge in [-0.3, -0.25) is 19.3 Å². The Bertz CT molecular complexity index is 687. The van der Waals surface area contributed by atoms with Gasteiger partial charge in [-0.25, -0.2) is 4.39 Å². The summed E-state index contributed by atoms with van der Waals surface area (Å²) in [6.07, 6.45) is -0.00685. The largest absolute Gasteiger partial charge is 0.481 e. The third kappa shape index (κ3) is 5.26. The average molecular weight is 365 g/mol. The molecule has 0 aromatic heterocycles. The van der Waals surface area contributed by atoms with Gasteiger partial charge in [0.1, 0.15) is 5.82 Å². The number of hydrogen-bond acceptors (Lipinski definition) is 5. The van der Waals surface area contributed by atoms with Crippen molar-refractivity contribution in [2.75, 3.05) is 51.2 Å². The number of amides is 1. The maximum atomic E-state index is 14.2. The number of carboxylic acids is 1. The van der Waals surface area contributed by atoms with Crippen LogP contribution in [0.5, 0.6) is 0 Å². The molecule has 1 amide bonds. The number of aliphatic carboxylic acids is 1. The first kappa shape index (κ1) is 19.8. The highest BCUT2D eigenvalue weighted by Crippen LogP contribution is 2.22. The Morgan fingerprint density at radius 3 is 2.38 bits per heavy atom. The first-order valence-electron chi connectivity index (χ1n) is 8.51. The zero-order valence-electron chi connectivity index (χ0n) is 15.1. The Balaban J connectivity index is 1.87. The molecule has 1 aliphatic rings. The Morgan fingerprint density at radius 1 is 1.19 bits per heavy atom. The molecule has 0 atom stereocenters. The van der Waals surface area contributed by atoms with E-state index in [0.717, 1.165) is 0 Å². The van der Waals surface area contributed by atoms with Gasteiger partial charge >= 0.3 is 5.97 Å².